The van der Waals surface area contributed by atoms with Gasteiger partial charge in [0, 0.05) is 6.54 Å². The normalized spacial score (nSPS) is 12.3. The lowest BCUT2D eigenvalue weighted by molar-refractivity contribution is -0.120. The number of rotatable bonds is 7. The number of aromatic nitrogens is 2. The Labute approximate surface area is 135 Å². The number of hydrogen-bond acceptors (Lipinski definition) is 3. The molecule has 0 radical (unpaired) electrons. The topological polar surface area (TPSA) is 72.9 Å². The molecule has 5 heteroatoms. The highest BCUT2D eigenvalue weighted by Gasteiger charge is 2.16. The molecule has 1 aromatic heterocycles. The van der Waals surface area contributed by atoms with Crippen molar-refractivity contribution in [2.24, 2.45) is 5.73 Å². The minimum atomic E-state index is -0.448. The highest BCUT2D eigenvalue weighted by Crippen LogP contribution is 2.13. The van der Waals surface area contributed by atoms with E-state index in [1.54, 1.807) is 0 Å². The number of nitrogens with two attached hydrogens (primary N) is 1. The molecule has 0 aliphatic rings. The van der Waals surface area contributed by atoms with E-state index in [1.807, 2.05) is 54.9 Å². The summed E-state index contributed by atoms with van der Waals surface area (Å²) in [6.07, 6.45) is 2.74. The molecule has 2 aromatic carbocycles. The zero-order valence-corrected chi connectivity index (χ0v) is 12.9. The van der Waals surface area contributed by atoms with Crippen LogP contribution >= 0.6 is 0 Å². The van der Waals surface area contributed by atoms with Crippen molar-refractivity contribution < 1.29 is 4.79 Å². The third-order valence-corrected chi connectivity index (χ3v) is 3.87. The molecule has 1 atom stereocenters. The van der Waals surface area contributed by atoms with Crippen molar-refractivity contribution in [1.29, 1.82) is 0 Å². The Morgan fingerprint density at radius 3 is 2.65 bits per heavy atom. The van der Waals surface area contributed by atoms with Gasteiger partial charge >= 0.3 is 0 Å². The molecule has 3 N–H and O–H groups in total. The Bertz CT molecular complexity index is 782. The van der Waals surface area contributed by atoms with Gasteiger partial charge in [-0.05, 0) is 30.7 Å². The Kier molecular flexibility index (Phi) is 4.68. The summed E-state index contributed by atoms with van der Waals surface area (Å²) in [5.41, 5.74) is 8.53. The summed E-state index contributed by atoms with van der Waals surface area (Å²) in [7, 11) is 0. The first kappa shape index (κ1) is 15.2. The van der Waals surface area contributed by atoms with Crippen LogP contribution in [0, 0.1) is 0 Å². The van der Waals surface area contributed by atoms with Gasteiger partial charge in [0.05, 0.1) is 17.4 Å². The van der Waals surface area contributed by atoms with Crippen molar-refractivity contribution in [2.45, 2.75) is 19.0 Å². The number of imidazole rings is 1. The maximum absolute atomic E-state index is 11.6. The molecule has 0 unspecified atom stereocenters. The number of nitrogens with one attached hydrogen (secondary N) is 1. The molecule has 1 heterocycles. The van der Waals surface area contributed by atoms with Crippen LogP contribution in [0.3, 0.4) is 0 Å². The van der Waals surface area contributed by atoms with Crippen LogP contribution < -0.4 is 11.1 Å². The zero-order chi connectivity index (χ0) is 16.1. The highest BCUT2D eigenvalue weighted by atomic mass is 16.1. The monoisotopic (exact) mass is 308 g/mol. The van der Waals surface area contributed by atoms with E-state index in [1.165, 1.54) is 0 Å². The Balaban J connectivity index is 1.57. The molecule has 3 rings (SSSR count). The summed E-state index contributed by atoms with van der Waals surface area (Å²) >= 11 is 0. The van der Waals surface area contributed by atoms with Crippen molar-refractivity contribution in [3.63, 3.8) is 0 Å². The van der Waals surface area contributed by atoms with Gasteiger partial charge in [0.2, 0.25) is 5.91 Å². The predicted molar refractivity (Wildman–Crippen MR) is 90.7 cm³/mol. The largest absolute Gasteiger partial charge is 0.368 e. The van der Waals surface area contributed by atoms with E-state index in [9.17, 15) is 4.79 Å². The van der Waals surface area contributed by atoms with Gasteiger partial charge < -0.3 is 15.6 Å². The number of primary amides is 1. The Morgan fingerprint density at radius 2 is 1.87 bits per heavy atom. The van der Waals surface area contributed by atoms with Crippen LogP contribution in [0.1, 0.15) is 18.0 Å². The summed E-state index contributed by atoms with van der Waals surface area (Å²) in [4.78, 5) is 16.0. The summed E-state index contributed by atoms with van der Waals surface area (Å²) in [5, 5.41) is 3.24. The molecule has 0 aliphatic carbocycles. The number of hydrogen-bond donors (Lipinski definition) is 2. The van der Waals surface area contributed by atoms with Crippen molar-refractivity contribution in [3.05, 3.63) is 66.5 Å². The molecule has 0 spiro atoms. The number of carbonyl (C=O) groups is 1. The third-order valence-electron chi connectivity index (χ3n) is 3.87. The lowest BCUT2D eigenvalue weighted by Crippen LogP contribution is -2.34. The van der Waals surface area contributed by atoms with Crippen molar-refractivity contribution in [1.82, 2.24) is 14.9 Å². The van der Waals surface area contributed by atoms with Gasteiger partial charge in [-0.3, -0.25) is 4.79 Å². The SMILES string of the molecule is NC(=O)[C@@H](NCCCn1cnc2ccccc21)c1ccccc1. The maximum Gasteiger partial charge on any atom is 0.239 e. The van der Waals surface area contributed by atoms with E-state index >= 15 is 0 Å². The number of fused-ring (bicyclic) bond motifs is 1. The number of amides is 1. The molecular weight excluding hydrogens is 288 g/mol. The minimum Gasteiger partial charge on any atom is -0.368 e. The van der Waals surface area contributed by atoms with E-state index in [-0.39, 0.29) is 5.91 Å². The Hall–Kier alpha value is -2.66. The van der Waals surface area contributed by atoms with Crippen molar-refractivity contribution >= 4 is 16.9 Å². The van der Waals surface area contributed by atoms with Crippen LogP contribution in [0.25, 0.3) is 11.0 Å². The number of para-hydroxylation sites is 2. The second-order valence-electron chi connectivity index (χ2n) is 5.48. The van der Waals surface area contributed by atoms with Crippen LogP contribution in [0.5, 0.6) is 0 Å². The fraction of sp³-hybridized carbons (Fsp3) is 0.222. The lowest BCUT2D eigenvalue weighted by atomic mass is 10.1. The molecule has 23 heavy (non-hydrogen) atoms. The average molecular weight is 308 g/mol. The van der Waals surface area contributed by atoms with Gasteiger partial charge in [-0.1, -0.05) is 42.5 Å². The lowest BCUT2D eigenvalue weighted by Gasteiger charge is -2.16. The smallest absolute Gasteiger partial charge is 0.239 e. The number of aryl methyl sites for hydroxylation is 1. The summed E-state index contributed by atoms with van der Waals surface area (Å²) in [6.45, 7) is 1.54. The number of carbonyl (C=O) groups excluding carboxylic acids is 1. The third kappa shape index (κ3) is 3.57. The van der Waals surface area contributed by atoms with Crippen LogP contribution in [0.15, 0.2) is 60.9 Å². The van der Waals surface area contributed by atoms with Crippen LogP contribution in [-0.4, -0.2) is 22.0 Å². The second-order valence-corrected chi connectivity index (χ2v) is 5.48. The zero-order valence-electron chi connectivity index (χ0n) is 12.9. The fourth-order valence-electron chi connectivity index (χ4n) is 2.71. The molecule has 0 aliphatic heterocycles. The van der Waals surface area contributed by atoms with E-state index in [0.717, 1.165) is 29.6 Å². The predicted octanol–water partition coefficient (Wildman–Crippen LogP) is 2.24. The van der Waals surface area contributed by atoms with Crippen molar-refractivity contribution in [3.8, 4) is 0 Å². The first-order valence-electron chi connectivity index (χ1n) is 7.73. The van der Waals surface area contributed by atoms with Crippen molar-refractivity contribution in [2.75, 3.05) is 6.54 Å². The summed E-state index contributed by atoms with van der Waals surface area (Å²) in [5.74, 6) is -0.357. The van der Waals surface area contributed by atoms with E-state index in [0.29, 0.717) is 6.54 Å². The molecular formula is C18H20N4O. The quantitative estimate of drug-likeness (QED) is 0.657. The van der Waals surface area contributed by atoms with E-state index in [4.69, 9.17) is 5.73 Å². The first-order valence-corrected chi connectivity index (χ1v) is 7.73. The van der Waals surface area contributed by atoms with Gasteiger partial charge in [-0.2, -0.15) is 0 Å². The van der Waals surface area contributed by atoms with Gasteiger partial charge in [-0.15, -0.1) is 0 Å². The minimum absolute atomic E-state index is 0.357. The molecule has 3 aromatic rings. The van der Waals surface area contributed by atoms with E-state index < -0.39 is 6.04 Å². The Morgan fingerprint density at radius 1 is 1.13 bits per heavy atom. The molecule has 0 saturated heterocycles. The summed E-state index contributed by atoms with van der Waals surface area (Å²) in [6, 6.07) is 17.2. The highest BCUT2D eigenvalue weighted by molar-refractivity contribution is 5.81. The molecule has 0 saturated carbocycles. The molecule has 0 bridgehead atoms. The van der Waals surface area contributed by atoms with Crippen LogP contribution in [0.4, 0.5) is 0 Å². The van der Waals surface area contributed by atoms with Gasteiger partial charge in [0.15, 0.2) is 0 Å². The maximum atomic E-state index is 11.6. The average Bonchev–Trinajstić information content (AvgIpc) is 2.98. The molecule has 1 amide bonds. The fourth-order valence-corrected chi connectivity index (χ4v) is 2.71. The van der Waals surface area contributed by atoms with Gasteiger partial charge in [0.1, 0.15) is 6.04 Å². The summed E-state index contributed by atoms with van der Waals surface area (Å²) < 4.78 is 2.12. The van der Waals surface area contributed by atoms with Gasteiger partial charge in [0.25, 0.3) is 0 Å². The molecule has 0 fully saturated rings. The number of nitrogens with zero attached hydrogens (tertiary/aromatic N) is 2. The van der Waals surface area contributed by atoms with Gasteiger partial charge in [-0.25, -0.2) is 4.98 Å². The second kappa shape index (κ2) is 7.07. The van der Waals surface area contributed by atoms with E-state index in [2.05, 4.69) is 20.9 Å². The first-order chi connectivity index (χ1) is 11.3. The number of benzene rings is 2. The van der Waals surface area contributed by atoms with Crippen LogP contribution in [0.2, 0.25) is 0 Å². The molecule has 5 nitrogen and oxygen atoms in total. The standard InChI is InChI=1S/C18H20N4O/c19-18(23)17(14-7-2-1-3-8-14)20-11-6-12-22-13-21-15-9-4-5-10-16(15)22/h1-5,7-10,13,17,20H,6,11-12H2,(H2,19,23)/t17-/m0/s1. The molecule has 118 valence electrons. The van der Waals surface area contributed by atoms with Crippen LogP contribution in [-0.2, 0) is 11.3 Å².